The summed E-state index contributed by atoms with van der Waals surface area (Å²) in [5, 5.41) is 0. The van der Waals surface area contributed by atoms with Crippen molar-refractivity contribution in [3.63, 3.8) is 0 Å². The van der Waals surface area contributed by atoms with Gasteiger partial charge in [-0.15, -0.1) is 0 Å². The van der Waals surface area contributed by atoms with Gasteiger partial charge in [-0.3, -0.25) is 14.5 Å². The number of hydrogen-bond acceptors (Lipinski definition) is 5. The van der Waals surface area contributed by atoms with Crippen LogP contribution in [-0.4, -0.2) is 31.6 Å². The van der Waals surface area contributed by atoms with Crippen LogP contribution in [0.5, 0.6) is 5.75 Å². The molecule has 1 aliphatic heterocycles. The zero-order valence-corrected chi connectivity index (χ0v) is 11.4. The zero-order chi connectivity index (χ0) is 14.5. The van der Waals surface area contributed by atoms with Crippen LogP contribution in [0.3, 0.4) is 0 Å². The summed E-state index contributed by atoms with van der Waals surface area (Å²) in [6.45, 7) is 2.18. The highest BCUT2D eigenvalue weighted by atomic mass is 16.5. The molecule has 0 spiro atoms. The lowest BCUT2D eigenvalue weighted by atomic mass is 10.2. The van der Waals surface area contributed by atoms with E-state index in [1.807, 2.05) is 6.92 Å². The molecule has 0 bridgehead atoms. The van der Waals surface area contributed by atoms with E-state index >= 15 is 0 Å². The number of rotatable bonds is 5. The number of fused-ring (bicyclic) bond motifs is 1. The van der Waals surface area contributed by atoms with Crippen LogP contribution >= 0.6 is 0 Å². The SMILES string of the molecule is CCCCOC(=O)CN1C(=O)COc2ccc(N)cc21. The molecule has 0 fully saturated rings. The van der Waals surface area contributed by atoms with E-state index < -0.39 is 5.97 Å². The number of nitrogen functional groups attached to an aromatic ring is 1. The molecule has 2 rings (SSSR count). The van der Waals surface area contributed by atoms with Crippen LogP contribution in [0.2, 0.25) is 0 Å². The van der Waals surface area contributed by atoms with Crippen LogP contribution in [0.1, 0.15) is 19.8 Å². The van der Waals surface area contributed by atoms with Gasteiger partial charge < -0.3 is 15.2 Å². The molecule has 0 aromatic heterocycles. The normalized spacial score (nSPS) is 13.7. The van der Waals surface area contributed by atoms with Crippen molar-refractivity contribution in [2.75, 3.05) is 30.4 Å². The van der Waals surface area contributed by atoms with Gasteiger partial charge in [0.15, 0.2) is 6.61 Å². The Morgan fingerprint density at radius 1 is 1.50 bits per heavy atom. The molecule has 6 heteroatoms. The molecule has 2 N–H and O–H groups in total. The maximum Gasteiger partial charge on any atom is 0.326 e. The van der Waals surface area contributed by atoms with Gasteiger partial charge in [-0.2, -0.15) is 0 Å². The van der Waals surface area contributed by atoms with Crippen molar-refractivity contribution in [1.29, 1.82) is 0 Å². The molecule has 1 aromatic carbocycles. The number of amides is 1. The molecule has 1 aliphatic rings. The third-order valence-electron chi connectivity index (χ3n) is 2.97. The van der Waals surface area contributed by atoms with Crippen molar-refractivity contribution in [1.82, 2.24) is 0 Å². The van der Waals surface area contributed by atoms with Gasteiger partial charge >= 0.3 is 5.97 Å². The Hall–Kier alpha value is -2.24. The second kappa shape index (κ2) is 6.27. The van der Waals surface area contributed by atoms with E-state index in [-0.39, 0.29) is 19.1 Å². The third-order valence-corrected chi connectivity index (χ3v) is 2.97. The molecular weight excluding hydrogens is 260 g/mol. The van der Waals surface area contributed by atoms with Crippen molar-refractivity contribution >= 4 is 23.3 Å². The van der Waals surface area contributed by atoms with Crippen molar-refractivity contribution < 1.29 is 19.1 Å². The Morgan fingerprint density at radius 3 is 3.05 bits per heavy atom. The van der Waals surface area contributed by atoms with Crippen molar-refractivity contribution in [3.8, 4) is 5.75 Å². The molecule has 1 heterocycles. The van der Waals surface area contributed by atoms with E-state index in [1.54, 1.807) is 18.2 Å². The zero-order valence-electron chi connectivity index (χ0n) is 11.4. The van der Waals surface area contributed by atoms with E-state index in [1.165, 1.54) is 4.90 Å². The number of nitrogens with two attached hydrogens (primary N) is 1. The first-order chi connectivity index (χ1) is 9.61. The Morgan fingerprint density at radius 2 is 2.30 bits per heavy atom. The lowest BCUT2D eigenvalue weighted by Crippen LogP contribution is -2.42. The van der Waals surface area contributed by atoms with E-state index in [0.717, 1.165) is 12.8 Å². The quantitative estimate of drug-likeness (QED) is 0.499. The van der Waals surface area contributed by atoms with Crippen LogP contribution in [0, 0.1) is 0 Å². The Labute approximate surface area is 117 Å². The number of esters is 1. The van der Waals surface area contributed by atoms with Crippen molar-refractivity contribution in [2.24, 2.45) is 0 Å². The first-order valence-electron chi connectivity index (χ1n) is 6.60. The van der Waals surface area contributed by atoms with E-state index in [2.05, 4.69) is 0 Å². The molecule has 1 aromatic rings. The van der Waals surface area contributed by atoms with Crippen LogP contribution in [0.25, 0.3) is 0 Å². The summed E-state index contributed by atoms with van der Waals surface area (Å²) in [5.74, 6) is -0.169. The maximum absolute atomic E-state index is 11.9. The monoisotopic (exact) mass is 278 g/mol. The van der Waals surface area contributed by atoms with E-state index in [4.69, 9.17) is 15.2 Å². The molecule has 0 saturated heterocycles. The summed E-state index contributed by atoms with van der Waals surface area (Å²) < 4.78 is 10.4. The lowest BCUT2D eigenvalue weighted by Gasteiger charge is -2.28. The molecule has 0 saturated carbocycles. The summed E-state index contributed by atoms with van der Waals surface area (Å²) >= 11 is 0. The highest BCUT2D eigenvalue weighted by Gasteiger charge is 2.27. The van der Waals surface area contributed by atoms with E-state index in [0.29, 0.717) is 23.7 Å². The fourth-order valence-electron chi connectivity index (χ4n) is 1.90. The molecule has 0 unspecified atom stereocenters. The maximum atomic E-state index is 11.9. The highest BCUT2D eigenvalue weighted by molar-refractivity contribution is 6.01. The standard InChI is InChI=1S/C14H18N2O4/c1-2-3-6-19-14(18)8-16-11-7-10(15)4-5-12(11)20-9-13(16)17/h4-5,7H,2-3,6,8-9,15H2,1H3. The van der Waals surface area contributed by atoms with Gasteiger partial charge in [0.05, 0.1) is 12.3 Å². The van der Waals surface area contributed by atoms with Gasteiger partial charge in [0.2, 0.25) is 0 Å². The minimum absolute atomic E-state index is 0.0842. The number of unbranched alkanes of at least 4 members (excludes halogenated alkanes) is 1. The highest BCUT2D eigenvalue weighted by Crippen LogP contribution is 2.33. The van der Waals surface area contributed by atoms with Crippen LogP contribution in [0.4, 0.5) is 11.4 Å². The number of carbonyl (C=O) groups excluding carboxylic acids is 2. The predicted molar refractivity (Wildman–Crippen MR) is 74.6 cm³/mol. The molecule has 0 atom stereocenters. The molecular formula is C14H18N2O4. The molecule has 1 amide bonds. The number of hydrogen-bond donors (Lipinski definition) is 1. The van der Waals surface area contributed by atoms with Gasteiger partial charge in [0.1, 0.15) is 12.3 Å². The second-order valence-corrected chi connectivity index (χ2v) is 4.57. The summed E-state index contributed by atoms with van der Waals surface area (Å²) in [7, 11) is 0. The fourth-order valence-corrected chi connectivity index (χ4v) is 1.90. The molecule has 6 nitrogen and oxygen atoms in total. The predicted octanol–water partition coefficient (Wildman–Crippen LogP) is 1.34. The first-order valence-corrected chi connectivity index (χ1v) is 6.60. The number of carbonyl (C=O) groups is 2. The van der Waals surface area contributed by atoms with Crippen molar-refractivity contribution in [2.45, 2.75) is 19.8 Å². The summed E-state index contributed by atoms with van der Waals surface area (Å²) in [6.07, 6.45) is 1.76. The Balaban J connectivity index is 2.09. The van der Waals surface area contributed by atoms with Gasteiger partial charge in [-0.25, -0.2) is 0 Å². The largest absolute Gasteiger partial charge is 0.482 e. The number of benzene rings is 1. The van der Waals surface area contributed by atoms with Gasteiger partial charge in [-0.1, -0.05) is 13.3 Å². The van der Waals surface area contributed by atoms with Crippen molar-refractivity contribution in [3.05, 3.63) is 18.2 Å². The van der Waals surface area contributed by atoms with Gasteiger partial charge in [0.25, 0.3) is 5.91 Å². The average Bonchev–Trinajstić information content (AvgIpc) is 2.42. The van der Waals surface area contributed by atoms with Crippen LogP contribution < -0.4 is 15.4 Å². The Kier molecular flexibility index (Phi) is 4.45. The molecule has 108 valence electrons. The third kappa shape index (κ3) is 3.20. The van der Waals surface area contributed by atoms with E-state index in [9.17, 15) is 9.59 Å². The number of ether oxygens (including phenoxy) is 2. The summed E-state index contributed by atoms with van der Waals surface area (Å²) in [4.78, 5) is 25.0. The Bertz CT molecular complexity index is 516. The van der Waals surface area contributed by atoms with Crippen LogP contribution in [0.15, 0.2) is 18.2 Å². The number of nitrogens with zero attached hydrogens (tertiary/aromatic N) is 1. The fraction of sp³-hybridized carbons (Fsp3) is 0.429. The smallest absolute Gasteiger partial charge is 0.326 e. The number of anilines is 2. The molecule has 0 radical (unpaired) electrons. The summed E-state index contributed by atoms with van der Waals surface area (Å²) in [6, 6.07) is 4.99. The minimum Gasteiger partial charge on any atom is -0.482 e. The van der Waals surface area contributed by atoms with Gasteiger partial charge in [0, 0.05) is 5.69 Å². The minimum atomic E-state index is -0.429. The topological polar surface area (TPSA) is 81.9 Å². The molecule has 20 heavy (non-hydrogen) atoms. The summed E-state index contributed by atoms with van der Waals surface area (Å²) in [5.41, 5.74) is 6.72. The average molecular weight is 278 g/mol. The van der Waals surface area contributed by atoms with Crippen LogP contribution in [-0.2, 0) is 14.3 Å². The lowest BCUT2D eigenvalue weighted by molar-refractivity contribution is -0.143. The molecule has 0 aliphatic carbocycles. The van der Waals surface area contributed by atoms with Gasteiger partial charge in [-0.05, 0) is 24.6 Å². The first kappa shape index (κ1) is 14.2. The second-order valence-electron chi connectivity index (χ2n) is 4.57.